The van der Waals surface area contributed by atoms with Gasteiger partial charge in [0, 0.05) is 23.8 Å². The number of benzene rings is 2. The van der Waals surface area contributed by atoms with E-state index in [1.165, 1.54) is 28.6 Å². The maximum atomic E-state index is 12.8. The molecule has 0 radical (unpaired) electrons. The summed E-state index contributed by atoms with van der Waals surface area (Å²) in [6.07, 6.45) is 0. The van der Waals surface area contributed by atoms with Gasteiger partial charge in [0.15, 0.2) is 0 Å². The minimum absolute atomic E-state index is 0.138. The molecule has 140 valence electrons. The lowest BCUT2D eigenvalue weighted by molar-refractivity contribution is 0.0393. The fourth-order valence-corrected chi connectivity index (χ4v) is 4.45. The van der Waals surface area contributed by atoms with Crippen molar-refractivity contribution in [3.63, 3.8) is 0 Å². The lowest BCUT2D eigenvalue weighted by atomic mass is 10.2. The molecule has 1 unspecified atom stereocenters. The third-order valence-electron chi connectivity index (χ3n) is 4.28. The molecule has 0 bridgehead atoms. The highest BCUT2D eigenvalue weighted by molar-refractivity contribution is 7.89. The van der Waals surface area contributed by atoms with E-state index in [4.69, 9.17) is 10.00 Å². The van der Waals surface area contributed by atoms with Crippen molar-refractivity contribution < 1.29 is 17.9 Å². The highest BCUT2D eigenvalue weighted by Crippen LogP contribution is 2.21. The van der Waals surface area contributed by atoms with Crippen LogP contribution in [0.2, 0.25) is 0 Å². The van der Waals surface area contributed by atoms with Crippen molar-refractivity contribution >= 4 is 21.6 Å². The van der Waals surface area contributed by atoms with E-state index < -0.39 is 10.0 Å². The predicted molar refractivity (Wildman–Crippen MR) is 99.7 cm³/mol. The van der Waals surface area contributed by atoms with Gasteiger partial charge >= 0.3 is 0 Å². The standard InChI is InChI=1S/C19H19N3O4S/c1-14-13-26-10-9-22(14)27(24,25)18-7-5-16(6-8-18)19(23)21-17-4-2-3-15(11-17)12-20/h2-8,11,14H,9-10,13H2,1H3,(H,21,23). The first-order valence-electron chi connectivity index (χ1n) is 8.43. The average molecular weight is 385 g/mol. The maximum absolute atomic E-state index is 12.8. The van der Waals surface area contributed by atoms with Gasteiger partial charge in [0.2, 0.25) is 10.0 Å². The Hall–Kier alpha value is -2.73. The zero-order valence-corrected chi connectivity index (χ0v) is 15.6. The highest BCUT2D eigenvalue weighted by atomic mass is 32.2. The molecule has 2 aromatic carbocycles. The fourth-order valence-electron chi connectivity index (χ4n) is 2.85. The topological polar surface area (TPSA) is 99.5 Å². The second-order valence-electron chi connectivity index (χ2n) is 6.21. The molecule has 1 amide bonds. The summed E-state index contributed by atoms with van der Waals surface area (Å²) in [6.45, 7) is 2.84. The van der Waals surface area contributed by atoms with Crippen molar-refractivity contribution in [3.8, 4) is 6.07 Å². The summed E-state index contributed by atoms with van der Waals surface area (Å²) in [5.41, 5.74) is 1.26. The summed E-state index contributed by atoms with van der Waals surface area (Å²) >= 11 is 0. The molecule has 0 saturated carbocycles. The van der Waals surface area contributed by atoms with E-state index in [1.54, 1.807) is 31.2 Å². The number of carbonyl (C=O) groups is 1. The molecule has 1 fully saturated rings. The third kappa shape index (κ3) is 4.17. The zero-order chi connectivity index (χ0) is 19.4. The van der Waals surface area contributed by atoms with Crippen LogP contribution in [-0.4, -0.2) is 44.4 Å². The van der Waals surface area contributed by atoms with Crippen molar-refractivity contribution in [1.82, 2.24) is 4.31 Å². The van der Waals surface area contributed by atoms with Crippen molar-refractivity contribution in [3.05, 3.63) is 59.7 Å². The number of amides is 1. The number of nitriles is 1. The van der Waals surface area contributed by atoms with Gasteiger partial charge in [-0.3, -0.25) is 4.79 Å². The number of sulfonamides is 1. The van der Waals surface area contributed by atoms with E-state index >= 15 is 0 Å². The molecular formula is C19H19N3O4S. The van der Waals surface area contributed by atoms with E-state index in [0.29, 0.717) is 36.6 Å². The summed E-state index contributed by atoms with van der Waals surface area (Å²) in [5, 5.41) is 11.6. The Morgan fingerprint density at radius 3 is 2.67 bits per heavy atom. The quantitative estimate of drug-likeness (QED) is 0.870. The van der Waals surface area contributed by atoms with Gasteiger partial charge in [-0.25, -0.2) is 8.42 Å². The number of ether oxygens (including phenoxy) is 1. The third-order valence-corrected chi connectivity index (χ3v) is 6.31. The minimum Gasteiger partial charge on any atom is -0.378 e. The number of nitrogens with one attached hydrogen (secondary N) is 1. The molecule has 7 nitrogen and oxygen atoms in total. The Kier molecular flexibility index (Phi) is 5.56. The predicted octanol–water partition coefficient (Wildman–Crippen LogP) is 2.22. The molecule has 2 aromatic rings. The Balaban J connectivity index is 1.76. The van der Waals surface area contributed by atoms with Crippen molar-refractivity contribution in [2.24, 2.45) is 0 Å². The first-order valence-corrected chi connectivity index (χ1v) is 9.87. The van der Waals surface area contributed by atoms with E-state index in [-0.39, 0.29) is 16.8 Å². The van der Waals surface area contributed by atoms with Gasteiger partial charge < -0.3 is 10.1 Å². The van der Waals surface area contributed by atoms with Gasteiger partial charge in [-0.05, 0) is 49.4 Å². The van der Waals surface area contributed by atoms with E-state index in [9.17, 15) is 13.2 Å². The van der Waals surface area contributed by atoms with Crippen molar-refractivity contribution in [2.45, 2.75) is 17.9 Å². The molecule has 1 atom stereocenters. The number of hydrogen-bond donors (Lipinski definition) is 1. The van der Waals surface area contributed by atoms with Crippen LogP contribution in [-0.2, 0) is 14.8 Å². The molecule has 1 heterocycles. The molecule has 27 heavy (non-hydrogen) atoms. The van der Waals surface area contributed by atoms with Crippen LogP contribution in [0.15, 0.2) is 53.4 Å². The molecule has 1 aliphatic rings. The van der Waals surface area contributed by atoms with Crippen LogP contribution in [0.25, 0.3) is 0 Å². The van der Waals surface area contributed by atoms with E-state index in [0.717, 1.165) is 0 Å². The molecule has 8 heteroatoms. The number of rotatable bonds is 4. The Morgan fingerprint density at radius 1 is 1.26 bits per heavy atom. The lowest BCUT2D eigenvalue weighted by Crippen LogP contribution is -2.46. The Bertz CT molecular complexity index is 981. The van der Waals surface area contributed by atoms with Gasteiger partial charge in [0.05, 0.1) is 29.7 Å². The van der Waals surface area contributed by atoms with Gasteiger partial charge in [0.25, 0.3) is 5.91 Å². The summed E-state index contributed by atoms with van der Waals surface area (Å²) in [6, 6.07) is 14.1. The second-order valence-corrected chi connectivity index (χ2v) is 8.10. The normalized spacial score (nSPS) is 17.9. The number of hydrogen-bond acceptors (Lipinski definition) is 5. The summed E-state index contributed by atoms with van der Waals surface area (Å²) in [5.74, 6) is -0.381. The molecule has 0 aliphatic carbocycles. The van der Waals surface area contributed by atoms with E-state index in [1.807, 2.05) is 6.07 Å². The number of nitrogens with zero attached hydrogens (tertiary/aromatic N) is 2. The molecule has 1 N–H and O–H groups in total. The van der Waals surface area contributed by atoms with Crippen LogP contribution in [0.3, 0.4) is 0 Å². The molecule has 1 aliphatic heterocycles. The highest BCUT2D eigenvalue weighted by Gasteiger charge is 2.31. The fraction of sp³-hybridized carbons (Fsp3) is 0.263. The number of anilines is 1. The molecular weight excluding hydrogens is 366 g/mol. The first kappa shape index (κ1) is 19.0. The van der Waals surface area contributed by atoms with E-state index in [2.05, 4.69) is 5.32 Å². The van der Waals surface area contributed by atoms with Crippen LogP contribution < -0.4 is 5.32 Å². The SMILES string of the molecule is CC1COCCN1S(=O)(=O)c1ccc(C(=O)Nc2cccc(C#N)c2)cc1. The zero-order valence-electron chi connectivity index (χ0n) is 14.8. The van der Waals surface area contributed by atoms with Crippen molar-refractivity contribution in [1.29, 1.82) is 5.26 Å². The average Bonchev–Trinajstić information content (AvgIpc) is 2.68. The molecule has 1 saturated heterocycles. The smallest absolute Gasteiger partial charge is 0.255 e. The molecule has 3 rings (SSSR count). The second kappa shape index (κ2) is 7.88. The number of morpholine rings is 1. The van der Waals surface area contributed by atoms with Crippen LogP contribution in [0.5, 0.6) is 0 Å². The number of carbonyl (C=O) groups excluding carboxylic acids is 1. The first-order chi connectivity index (χ1) is 12.9. The Labute approximate surface area is 158 Å². The van der Waals surface area contributed by atoms with Gasteiger partial charge in [-0.2, -0.15) is 9.57 Å². The van der Waals surface area contributed by atoms with Crippen LogP contribution in [0.4, 0.5) is 5.69 Å². The largest absolute Gasteiger partial charge is 0.378 e. The van der Waals surface area contributed by atoms with Crippen LogP contribution in [0.1, 0.15) is 22.8 Å². The van der Waals surface area contributed by atoms with Gasteiger partial charge in [-0.15, -0.1) is 0 Å². The summed E-state index contributed by atoms with van der Waals surface area (Å²) in [4.78, 5) is 12.5. The Morgan fingerprint density at radius 2 is 2.00 bits per heavy atom. The maximum Gasteiger partial charge on any atom is 0.255 e. The van der Waals surface area contributed by atoms with Gasteiger partial charge in [0.1, 0.15) is 0 Å². The van der Waals surface area contributed by atoms with Crippen LogP contribution in [0, 0.1) is 11.3 Å². The van der Waals surface area contributed by atoms with Gasteiger partial charge in [-0.1, -0.05) is 6.07 Å². The summed E-state index contributed by atoms with van der Waals surface area (Å²) in [7, 11) is -3.64. The summed E-state index contributed by atoms with van der Waals surface area (Å²) < 4.78 is 32.3. The minimum atomic E-state index is -3.64. The van der Waals surface area contributed by atoms with Crippen LogP contribution >= 0.6 is 0 Å². The van der Waals surface area contributed by atoms with Crippen molar-refractivity contribution in [2.75, 3.05) is 25.1 Å². The monoisotopic (exact) mass is 385 g/mol. The lowest BCUT2D eigenvalue weighted by Gasteiger charge is -2.32. The molecule has 0 spiro atoms. The molecule has 0 aromatic heterocycles.